The van der Waals surface area contributed by atoms with E-state index in [2.05, 4.69) is 5.10 Å². The fourth-order valence-electron chi connectivity index (χ4n) is 1.52. The van der Waals surface area contributed by atoms with Crippen LogP contribution in [0.15, 0.2) is 4.90 Å². The molecule has 1 heterocycles. The molecular formula is C8H14FN3O2S. The van der Waals surface area contributed by atoms with Crippen LogP contribution in [0.2, 0.25) is 0 Å². The molecular weight excluding hydrogens is 221 g/mol. The van der Waals surface area contributed by atoms with Crippen LogP contribution >= 0.6 is 0 Å². The minimum absolute atomic E-state index is 0.0429. The van der Waals surface area contributed by atoms with Gasteiger partial charge in [0.15, 0.2) is 0 Å². The van der Waals surface area contributed by atoms with Crippen LogP contribution in [0.3, 0.4) is 0 Å². The number of nitrogens with two attached hydrogens (primary N) is 1. The fourth-order valence-corrected chi connectivity index (χ4v) is 2.49. The summed E-state index contributed by atoms with van der Waals surface area (Å²) in [6.45, 7) is 3.08. The van der Waals surface area contributed by atoms with E-state index in [1.54, 1.807) is 13.8 Å². The SMILES string of the molecule is Cc1nn(CCCF)c(C)c1S(N)(=O)=O. The van der Waals surface area contributed by atoms with Gasteiger partial charge >= 0.3 is 0 Å². The Morgan fingerprint density at radius 2 is 2.07 bits per heavy atom. The van der Waals surface area contributed by atoms with Crippen molar-refractivity contribution in [1.82, 2.24) is 9.78 Å². The molecule has 15 heavy (non-hydrogen) atoms. The molecule has 0 aliphatic heterocycles. The lowest BCUT2D eigenvalue weighted by Gasteiger charge is -2.02. The molecule has 0 saturated heterocycles. The first-order valence-electron chi connectivity index (χ1n) is 4.50. The van der Waals surface area contributed by atoms with Gasteiger partial charge in [0.05, 0.1) is 18.1 Å². The summed E-state index contributed by atoms with van der Waals surface area (Å²) in [6, 6.07) is 0. The van der Waals surface area contributed by atoms with Crippen molar-refractivity contribution in [1.29, 1.82) is 0 Å². The average Bonchev–Trinajstić information content (AvgIpc) is 2.36. The van der Waals surface area contributed by atoms with E-state index in [1.807, 2.05) is 0 Å². The maximum Gasteiger partial charge on any atom is 0.241 e. The number of alkyl halides is 1. The van der Waals surface area contributed by atoms with Gasteiger partial charge in [-0.25, -0.2) is 13.6 Å². The molecule has 0 bridgehead atoms. The van der Waals surface area contributed by atoms with Gasteiger partial charge in [-0.3, -0.25) is 9.07 Å². The molecule has 0 spiro atoms. The van der Waals surface area contributed by atoms with Gasteiger partial charge in [-0.1, -0.05) is 0 Å². The number of nitrogens with zero attached hydrogens (tertiary/aromatic N) is 2. The summed E-state index contributed by atoms with van der Waals surface area (Å²) in [5, 5.41) is 9.05. The number of rotatable bonds is 4. The predicted octanol–water partition coefficient (Wildman–Crippen LogP) is 0.507. The second-order valence-electron chi connectivity index (χ2n) is 3.31. The van der Waals surface area contributed by atoms with Crippen molar-refractivity contribution < 1.29 is 12.8 Å². The molecule has 0 fully saturated rings. The van der Waals surface area contributed by atoms with Crippen molar-refractivity contribution in [3.63, 3.8) is 0 Å². The number of hydrogen-bond acceptors (Lipinski definition) is 3. The van der Waals surface area contributed by atoms with Crippen LogP contribution in [-0.2, 0) is 16.6 Å². The number of primary sulfonamides is 1. The van der Waals surface area contributed by atoms with Crippen molar-refractivity contribution in [3.8, 4) is 0 Å². The topological polar surface area (TPSA) is 78.0 Å². The van der Waals surface area contributed by atoms with Gasteiger partial charge in [0.25, 0.3) is 0 Å². The van der Waals surface area contributed by atoms with Crippen LogP contribution in [0.1, 0.15) is 17.8 Å². The summed E-state index contributed by atoms with van der Waals surface area (Å²) in [6.07, 6.45) is 0.312. The molecule has 86 valence electrons. The Balaban J connectivity index is 3.15. The summed E-state index contributed by atoms with van der Waals surface area (Å²) in [5.41, 5.74) is 0.817. The maximum absolute atomic E-state index is 12.0. The van der Waals surface area contributed by atoms with Crippen molar-refractivity contribution in [2.45, 2.75) is 31.7 Å². The van der Waals surface area contributed by atoms with Crippen molar-refractivity contribution in [2.24, 2.45) is 5.14 Å². The van der Waals surface area contributed by atoms with Gasteiger partial charge in [0.1, 0.15) is 4.90 Å². The van der Waals surface area contributed by atoms with E-state index in [0.717, 1.165) is 0 Å². The van der Waals surface area contributed by atoms with E-state index in [0.29, 0.717) is 24.4 Å². The molecule has 0 unspecified atom stereocenters. The zero-order valence-electron chi connectivity index (χ0n) is 8.70. The van der Waals surface area contributed by atoms with E-state index in [9.17, 15) is 12.8 Å². The van der Waals surface area contributed by atoms with E-state index in [-0.39, 0.29) is 4.90 Å². The summed E-state index contributed by atoms with van der Waals surface area (Å²) in [7, 11) is -3.75. The molecule has 1 aromatic heterocycles. The first-order valence-corrected chi connectivity index (χ1v) is 6.05. The van der Waals surface area contributed by atoms with Crippen molar-refractivity contribution in [3.05, 3.63) is 11.4 Å². The van der Waals surface area contributed by atoms with Gasteiger partial charge in [-0.05, 0) is 20.3 Å². The van der Waals surface area contributed by atoms with Gasteiger partial charge in [-0.15, -0.1) is 0 Å². The minimum Gasteiger partial charge on any atom is -0.268 e. The molecule has 0 radical (unpaired) electrons. The standard InChI is InChI=1S/C8H14FN3O2S/c1-6-8(15(10,13)14)7(2)12(11-6)5-3-4-9/h3-5H2,1-2H3,(H2,10,13,14). The lowest BCUT2D eigenvalue weighted by atomic mass is 10.4. The largest absolute Gasteiger partial charge is 0.268 e. The van der Waals surface area contributed by atoms with Crippen LogP contribution in [-0.4, -0.2) is 24.9 Å². The molecule has 1 aromatic rings. The van der Waals surface area contributed by atoms with Gasteiger partial charge in [0.2, 0.25) is 10.0 Å². The molecule has 1 rings (SSSR count). The van der Waals surface area contributed by atoms with Crippen LogP contribution < -0.4 is 5.14 Å². The second kappa shape index (κ2) is 4.28. The Kier molecular flexibility index (Phi) is 3.46. The lowest BCUT2D eigenvalue weighted by molar-refractivity contribution is 0.431. The van der Waals surface area contributed by atoms with Crippen LogP contribution in [0, 0.1) is 13.8 Å². The molecule has 0 amide bonds. The molecule has 0 atom stereocenters. The predicted molar refractivity (Wildman–Crippen MR) is 53.7 cm³/mol. The molecule has 0 saturated carbocycles. The molecule has 0 aliphatic carbocycles. The molecule has 2 N–H and O–H groups in total. The molecule has 0 aliphatic rings. The Bertz CT molecular complexity index is 453. The van der Waals surface area contributed by atoms with Crippen LogP contribution in [0.25, 0.3) is 0 Å². The first kappa shape index (κ1) is 12.1. The van der Waals surface area contributed by atoms with Crippen LogP contribution in [0.4, 0.5) is 4.39 Å². The van der Waals surface area contributed by atoms with E-state index in [1.165, 1.54) is 4.68 Å². The van der Waals surface area contributed by atoms with Crippen LogP contribution in [0.5, 0.6) is 0 Å². The first-order chi connectivity index (χ1) is 6.88. The van der Waals surface area contributed by atoms with Gasteiger partial charge in [0, 0.05) is 6.54 Å². The average molecular weight is 235 g/mol. The number of sulfonamides is 1. The highest BCUT2D eigenvalue weighted by atomic mass is 32.2. The summed E-state index contributed by atoms with van der Waals surface area (Å²) in [5.74, 6) is 0. The third kappa shape index (κ3) is 2.54. The highest BCUT2D eigenvalue weighted by Crippen LogP contribution is 2.17. The molecule has 7 heteroatoms. The number of aryl methyl sites for hydroxylation is 2. The Labute approximate surface area is 88.1 Å². The Hall–Kier alpha value is -0.950. The molecule has 5 nitrogen and oxygen atoms in total. The lowest BCUT2D eigenvalue weighted by Crippen LogP contribution is -2.14. The minimum atomic E-state index is -3.75. The summed E-state index contributed by atoms with van der Waals surface area (Å²) in [4.78, 5) is 0.0429. The highest BCUT2D eigenvalue weighted by molar-refractivity contribution is 7.89. The summed E-state index contributed by atoms with van der Waals surface area (Å²) < 4.78 is 35.9. The molecule has 0 aromatic carbocycles. The number of halogens is 1. The monoisotopic (exact) mass is 235 g/mol. The van der Waals surface area contributed by atoms with Crippen molar-refractivity contribution in [2.75, 3.05) is 6.67 Å². The quantitative estimate of drug-likeness (QED) is 0.825. The smallest absolute Gasteiger partial charge is 0.241 e. The highest BCUT2D eigenvalue weighted by Gasteiger charge is 2.20. The number of aromatic nitrogens is 2. The third-order valence-corrected chi connectivity index (χ3v) is 3.26. The Morgan fingerprint density at radius 3 is 2.47 bits per heavy atom. The maximum atomic E-state index is 12.0. The fraction of sp³-hybridized carbons (Fsp3) is 0.625. The number of hydrogen-bond donors (Lipinski definition) is 1. The van der Waals surface area contributed by atoms with E-state index < -0.39 is 16.7 Å². The van der Waals surface area contributed by atoms with Gasteiger partial charge < -0.3 is 0 Å². The zero-order valence-corrected chi connectivity index (χ0v) is 9.51. The summed E-state index contributed by atoms with van der Waals surface area (Å²) >= 11 is 0. The van der Waals surface area contributed by atoms with Crippen molar-refractivity contribution >= 4 is 10.0 Å². The van der Waals surface area contributed by atoms with E-state index >= 15 is 0 Å². The Morgan fingerprint density at radius 1 is 1.47 bits per heavy atom. The second-order valence-corrected chi connectivity index (χ2v) is 4.81. The van der Waals surface area contributed by atoms with Gasteiger partial charge in [-0.2, -0.15) is 5.10 Å². The normalized spacial score (nSPS) is 12.0. The third-order valence-electron chi connectivity index (χ3n) is 2.10. The van der Waals surface area contributed by atoms with E-state index in [4.69, 9.17) is 5.14 Å². The zero-order chi connectivity index (χ0) is 11.6.